The summed E-state index contributed by atoms with van der Waals surface area (Å²) in [6.45, 7) is 0.204. The van der Waals surface area contributed by atoms with Crippen LogP contribution in [-0.2, 0) is 38.7 Å². The molecule has 65 heavy (non-hydrogen) atoms. The number of carboxylic acids is 4. The van der Waals surface area contributed by atoms with Crippen molar-refractivity contribution in [3.8, 4) is 68.5 Å². The molecule has 24 nitrogen and oxygen atoms in total. The zero-order valence-electron chi connectivity index (χ0n) is 31.9. The summed E-state index contributed by atoms with van der Waals surface area (Å²) in [7, 11) is 0. The van der Waals surface area contributed by atoms with Crippen LogP contribution in [0.2, 0.25) is 0 Å². The molecule has 0 spiro atoms. The van der Waals surface area contributed by atoms with Crippen LogP contribution in [0.3, 0.4) is 0 Å². The number of hydrogen-bond acceptors (Lipinski definition) is 18. The molecule has 9 rings (SSSR count). The van der Waals surface area contributed by atoms with E-state index in [9.17, 15) is 58.8 Å². The predicted molar refractivity (Wildman–Crippen MR) is 209 cm³/mol. The third kappa shape index (κ3) is 7.04. The molecular weight excluding hydrogens is 914 g/mol. The smallest absolute Gasteiger partial charge is 0.478 e. The normalized spacial score (nSPS) is 11.1. The number of fused-ring (bicyclic) bond motifs is 20. The van der Waals surface area contributed by atoms with Gasteiger partial charge in [0.05, 0.1) is 45.6 Å². The van der Waals surface area contributed by atoms with Crippen molar-refractivity contribution >= 4 is 93.9 Å². The van der Waals surface area contributed by atoms with Crippen molar-refractivity contribution in [2.75, 3.05) is 0 Å². The Labute approximate surface area is 369 Å². The molecule has 0 amide bonds. The third-order valence-corrected chi connectivity index (χ3v) is 9.73. The van der Waals surface area contributed by atoms with Gasteiger partial charge >= 0.3 is 43.4 Å². The molecule has 5 heterocycles. The van der Waals surface area contributed by atoms with E-state index in [1.54, 1.807) is 0 Å². The molecule has 0 atom stereocenters. The van der Waals surface area contributed by atoms with Gasteiger partial charge in [0.2, 0.25) is 0 Å². The fourth-order valence-corrected chi connectivity index (χ4v) is 7.05. The maximum absolute atomic E-state index is 12.4. The summed E-state index contributed by atoms with van der Waals surface area (Å²) in [5.41, 5.74) is -3.87. The topological polar surface area (TPSA) is 360 Å². The van der Waals surface area contributed by atoms with Gasteiger partial charge in [-0.2, -0.15) is 0 Å². The van der Waals surface area contributed by atoms with Gasteiger partial charge in [0.1, 0.15) is 0 Å². The Morgan fingerprint density at radius 1 is 0.385 bits per heavy atom. The predicted octanol–water partition coefficient (Wildman–Crippen LogP) is 3.06. The average molecular weight is 930 g/mol. The second kappa shape index (κ2) is 16.1. The molecule has 0 fully saturated rings. The van der Waals surface area contributed by atoms with Crippen LogP contribution in [0.4, 0.5) is 0 Å². The van der Waals surface area contributed by atoms with Gasteiger partial charge in [-0.1, -0.05) is 0 Å². The Hall–Kier alpha value is -9.38. The number of aromatic carboxylic acids is 4. The number of ether oxygens (including phenoxy) is 4. The first-order valence-electron chi connectivity index (χ1n) is 17.6. The van der Waals surface area contributed by atoms with Gasteiger partial charge in [-0.25, -0.2) is 29.1 Å². The second-order valence-electron chi connectivity index (χ2n) is 13.1. The number of rotatable bonds is 12. The molecule has 0 aliphatic carbocycles. The van der Waals surface area contributed by atoms with Crippen LogP contribution >= 0.6 is 0 Å². The molecule has 0 saturated carbocycles. The number of benzene rings is 4. The summed E-state index contributed by atoms with van der Waals surface area (Å²) < 4.78 is 20.2. The molecular formula is C40H16N8O16Zn. The largest absolute Gasteiger partial charge is 2.00 e. The fourth-order valence-electron chi connectivity index (χ4n) is 7.05. The van der Waals surface area contributed by atoms with Crippen LogP contribution in [0.25, 0.3) is 89.7 Å². The molecule has 7 aromatic rings. The van der Waals surface area contributed by atoms with Crippen LogP contribution in [0.1, 0.15) is 41.4 Å². The number of hydrogen-bond donors (Lipinski definition) is 4. The monoisotopic (exact) mass is 928 g/mol. The molecule has 2 aliphatic rings. The molecule has 4 aromatic carbocycles. The van der Waals surface area contributed by atoms with E-state index in [2.05, 4.69) is 39.9 Å². The Morgan fingerprint density at radius 2 is 0.631 bits per heavy atom. The van der Waals surface area contributed by atoms with E-state index >= 15 is 0 Å². The SMILES string of the molecule is O=COc1cc2c(cc1OC=O)-c1nc-2nc2[n-]c(nc3nc(nc4[n-]c(n1)c1cc(C(=O)O)c(C(=O)O)cc41)-c1cc(C(=O)O)c(C(=O)O)cc1-3)c1cc(OC=O)c(OC=O)cc21.[Zn+2]. The molecule has 2 aliphatic heterocycles. The van der Waals surface area contributed by atoms with Gasteiger partial charge in [-0.15, -0.1) is 0 Å². The zero-order valence-corrected chi connectivity index (χ0v) is 34.9. The first-order valence-corrected chi connectivity index (χ1v) is 17.6. The van der Waals surface area contributed by atoms with Gasteiger partial charge in [-0.05, 0) is 70.1 Å². The van der Waals surface area contributed by atoms with Gasteiger partial charge in [0.25, 0.3) is 25.9 Å². The minimum Gasteiger partial charge on any atom is -0.478 e. The van der Waals surface area contributed by atoms with Gasteiger partial charge in [0, 0.05) is 44.8 Å². The van der Waals surface area contributed by atoms with E-state index in [1.807, 2.05) is 0 Å². The summed E-state index contributed by atoms with van der Waals surface area (Å²) in [5, 5.41) is 40.1. The van der Waals surface area contributed by atoms with Crippen LogP contribution in [-0.4, -0.2) is 100 Å². The summed E-state index contributed by atoms with van der Waals surface area (Å²) in [6, 6.07) is 8.78. The van der Waals surface area contributed by atoms with Crippen molar-refractivity contribution < 1.29 is 97.2 Å². The molecule has 0 radical (unpaired) electrons. The summed E-state index contributed by atoms with van der Waals surface area (Å²) >= 11 is 0. The number of carbonyl (C=O) groups is 8. The van der Waals surface area contributed by atoms with Gasteiger partial charge < -0.3 is 69.3 Å². The van der Waals surface area contributed by atoms with E-state index in [1.165, 1.54) is 24.3 Å². The molecule has 4 N–H and O–H groups in total. The Kier molecular flexibility index (Phi) is 10.5. The molecule has 3 aromatic heterocycles. The zero-order chi connectivity index (χ0) is 45.1. The summed E-state index contributed by atoms with van der Waals surface area (Å²) in [4.78, 5) is 132. The number of aromatic nitrogens is 8. The van der Waals surface area contributed by atoms with Gasteiger partial charge in [-0.3, -0.25) is 19.2 Å². The molecule has 314 valence electrons. The molecule has 25 heteroatoms. The van der Waals surface area contributed by atoms with Crippen molar-refractivity contribution in [2.45, 2.75) is 0 Å². The first kappa shape index (κ1) is 42.3. The maximum atomic E-state index is 12.4. The second-order valence-corrected chi connectivity index (χ2v) is 13.1. The number of carbonyl (C=O) groups excluding carboxylic acids is 4. The van der Waals surface area contributed by atoms with Crippen molar-refractivity contribution in [3.63, 3.8) is 0 Å². The molecule has 8 bridgehead atoms. The summed E-state index contributed by atoms with van der Waals surface area (Å²) in [6.07, 6.45) is 0. The van der Waals surface area contributed by atoms with Crippen molar-refractivity contribution in [1.29, 1.82) is 0 Å². The fraction of sp³-hybridized carbons (Fsp3) is 0. The molecule has 0 unspecified atom stereocenters. The molecule has 0 saturated heterocycles. The standard InChI is InChI=1S/C40H18N8O16.Zn/c49-9-61-25-5-17-19(7-27(25)63-11-51)35-46-33(17)44-31-15-3-23(39(57)58)21(37(53)54)1-13(15)29(42-31)41-30-14-2-22(38(55)56)24(40(59)60)4-16(14)32(43-30)45-34-18-6-26(62-10-50)28(64-12-52)8-20(18)36(47-34)48-35;/h1-12H,(H6,41,42,43,44,45,46,47,48,53,54,55,56,57,58,59,60);/q;+2/p-2. The minimum atomic E-state index is -1.64. The quantitative estimate of drug-likeness (QED) is 0.101. The van der Waals surface area contributed by atoms with Crippen molar-refractivity contribution in [3.05, 3.63) is 70.8 Å². The Bertz CT molecular complexity index is 3530. The Morgan fingerprint density at radius 3 is 0.908 bits per heavy atom. The first-order chi connectivity index (χ1) is 30.8. The van der Waals surface area contributed by atoms with E-state index < -0.39 is 46.1 Å². The van der Waals surface area contributed by atoms with Crippen LogP contribution in [0.15, 0.2) is 48.5 Å². The average Bonchev–Trinajstić information content (AvgIpc) is 3.97. The van der Waals surface area contributed by atoms with E-state index in [4.69, 9.17) is 18.9 Å². The number of nitrogens with zero attached hydrogens (tertiary/aromatic N) is 8. The maximum Gasteiger partial charge on any atom is 2.00 e. The van der Waals surface area contributed by atoms with E-state index in [0.717, 1.165) is 24.3 Å². The van der Waals surface area contributed by atoms with Crippen molar-refractivity contribution in [2.24, 2.45) is 0 Å². The van der Waals surface area contributed by atoms with Crippen LogP contribution in [0, 0.1) is 0 Å². The van der Waals surface area contributed by atoms with Crippen LogP contribution in [0.5, 0.6) is 23.0 Å². The third-order valence-electron chi connectivity index (χ3n) is 9.73. The van der Waals surface area contributed by atoms with Gasteiger partial charge in [0.15, 0.2) is 23.0 Å². The van der Waals surface area contributed by atoms with Crippen molar-refractivity contribution in [1.82, 2.24) is 39.9 Å². The Balaban J connectivity index is 0.00000576. The number of carboxylic acid groups (broad SMARTS) is 4. The van der Waals surface area contributed by atoms with E-state index in [-0.39, 0.29) is 158 Å². The minimum absolute atomic E-state index is 0. The summed E-state index contributed by atoms with van der Waals surface area (Å²) in [5.74, 6) is -8.80. The van der Waals surface area contributed by atoms with Crippen LogP contribution < -0.4 is 28.9 Å². The van der Waals surface area contributed by atoms with E-state index in [0.29, 0.717) is 0 Å².